The van der Waals surface area contributed by atoms with Gasteiger partial charge in [-0.1, -0.05) is 28.1 Å². The summed E-state index contributed by atoms with van der Waals surface area (Å²) in [5.74, 6) is 1.01. The molecule has 2 heterocycles. The Morgan fingerprint density at radius 2 is 2.00 bits per heavy atom. The number of rotatable bonds is 3. The molecular weight excluding hydrogens is 304 g/mol. The highest BCUT2D eigenvalue weighted by Gasteiger charge is 2.25. The minimum absolute atomic E-state index is 0.203. The van der Waals surface area contributed by atoms with E-state index in [9.17, 15) is 0 Å². The summed E-state index contributed by atoms with van der Waals surface area (Å²) in [6, 6.07) is 12.7. The predicted octanol–water partition coefficient (Wildman–Crippen LogP) is 3.04. The summed E-state index contributed by atoms with van der Waals surface area (Å²) < 4.78 is 6.77. The fraction of sp³-hybridized carbons (Fsp3) is 0.333. The van der Waals surface area contributed by atoms with Crippen LogP contribution in [0.2, 0.25) is 0 Å². The molecule has 1 N–H and O–H groups in total. The summed E-state index contributed by atoms with van der Waals surface area (Å²) in [7, 11) is 0. The second-order valence-electron chi connectivity index (χ2n) is 4.76. The largest absolute Gasteiger partial charge is 0.467 e. The van der Waals surface area contributed by atoms with Crippen LogP contribution in [0.5, 0.6) is 0 Å². The van der Waals surface area contributed by atoms with E-state index < -0.39 is 0 Å². The number of nitrogens with one attached hydrogen (secondary N) is 1. The number of halogens is 1. The first-order valence-electron chi connectivity index (χ1n) is 6.58. The molecular formula is C15H17BrN2O. The smallest absolute Gasteiger partial charge is 0.125 e. The Bertz CT molecular complexity index is 521. The van der Waals surface area contributed by atoms with Gasteiger partial charge in [-0.05, 0) is 29.8 Å². The van der Waals surface area contributed by atoms with E-state index in [2.05, 4.69) is 56.5 Å². The first-order valence-corrected chi connectivity index (χ1v) is 7.37. The Labute approximate surface area is 121 Å². The summed E-state index contributed by atoms with van der Waals surface area (Å²) >= 11 is 3.56. The van der Waals surface area contributed by atoms with E-state index in [1.165, 1.54) is 5.56 Å². The highest BCUT2D eigenvalue weighted by atomic mass is 79.9. The molecule has 0 aliphatic carbocycles. The van der Waals surface area contributed by atoms with Crippen LogP contribution in [0.1, 0.15) is 17.4 Å². The average Bonchev–Trinajstić information content (AvgIpc) is 2.94. The molecule has 3 nitrogen and oxygen atoms in total. The van der Waals surface area contributed by atoms with Crippen LogP contribution in [0, 0.1) is 0 Å². The van der Waals surface area contributed by atoms with Crippen molar-refractivity contribution in [1.29, 1.82) is 0 Å². The number of benzene rings is 1. The van der Waals surface area contributed by atoms with E-state index >= 15 is 0 Å². The zero-order valence-corrected chi connectivity index (χ0v) is 12.3. The molecule has 0 saturated carbocycles. The lowest BCUT2D eigenvalue weighted by Crippen LogP contribution is -2.45. The number of furan rings is 1. The Hall–Kier alpha value is -1.10. The molecule has 0 bridgehead atoms. The summed E-state index contributed by atoms with van der Waals surface area (Å²) in [6.07, 6.45) is 1.75. The molecule has 1 fully saturated rings. The molecule has 1 atom stereocenters. The Balaban J connectivity index is 1.96. The van der Waals surface area contributed by atoms with Crippen LogP contribution in [0.15, 0.2) is 51.6 Å². The molecule has 19 heavy (non-hydrogen) atoms. The average molecular weight is 321 g/mol. The van der Waals surface area contributed by atoms with Crippen molar-refractivity contribution in [3.8, 4) is 0 Å². The third-order valence-corrected chi connectivity index (χ3v) is 3.99. The molecule has 0 amide bonds. The Kier molecular flexibility index (Phi) is 4.01. The van der Waals surface area contributed by atoms with Crippen LogP contribution in [-0.2, 0) is 0 Å². The van der Waals surface area contributed by atoms with Crippen LogP contribution >= 0.6 is 15.9 Å². The standard InChI is InChI=1S/C15H17BrN2O/c16-13-4-1-3-12(11-13)15(14-5-2-10-19-14)18-8-6-17-7-9-18/h1-5,10-11,15,17H,6-9H2. The summed E-state index contributed by atoms with van der Waals surface area (Å²) in [5.41, 5.74) is 1.27. The van der Waals surface area contributed by atoms with Crippen molar-refractivity contribution in [3.05, 3.63) is 58.5 Å². The van der Waals surface area contributed by atoms with Gasteiger partial charge < -0.3 is 9.73 Å². The molecule has 4 heteroatoms. The van der Waals surface area contributed by atoms with Gasteiger partial charge >= 0.3 is 0 Å². The maximum absolute atomic E-state index is 5.67. The first-order chi connectivity index (χ1) is 9.34. The zero-order valence-electron chi connectivity index (χ0n) is 10.7. The Morgan fingerprint density at radius 1 is 1.16 bits per heavy atom. The fourth-order valence-corrected chi connectivity index (χ4v) is 3.04. The van der Waals surface area contributed by atoms with Gasteiger partial charge in [0.1, 0.15) is 5.76 Å². The van der Waals surface area contributed by atoms with Crippen LogP contribution in [0.25, 0.3) is 0 Å². The number of piperazine rings is 1. The number of nitrogens with zero attached hydrogens (tertiary/aromatic N) is 1. The van der Waals surface area contributed by atoms with E-state index in [4.69, 9.17) is 4.42 Å². The molecule has 1 aliphatic rings. The van der Waals surface area contributed by atoms with Gasteiger partial charge in [-0.25, -0.2) is 0 Å². The predicted molar refractivity (Wildman–Crippen MR) is 79.1 cm³/mol. The molecule has 3 rings (SSSR count). The van der Waals surface area contributed by atoms with Crippen LogP contribution in [-0.4, -0.2) is 31.1 Å². The van der Waals surface area contributed by atoms with Gasteiger partial charge in [-0.15, -0.1) is 0 Å². The lowest BCUT2D eigenvalue weighted by atomic mass is 10.0. The lowest BCUT2D eigenvalue weighted by molar-refractivity contribution is 0.180. The summed E-state index contributed by atoms with van der Waals surface area (Å²) in [6.45, 7) is 4.15. The maximum Gasteiger partial charge on any atom is 0.125 e. The summed E-state index contributed by atoms with van der Waals surface area (Å²) in [4.78, 5) is 2.47. The van der Waals surface area contributed by atoms with E-state index in [1.807, 2.05) is 6.07 Å². The van der Waals surface area contributed by atoms with Crippen molar-refractivity contribution in [1.82, 2.24) is 10.2 Å². The van der Waals surface area contributed by atoms with Gasteiger partial charge in [0.15, 0.2) is 0 Å². The minimum atomic E-state index is 0.203. The quantitative estimate of drug-likeness (QED) is 0.942. The van der Waals surface area contributed by atoms with Crippen molar-refractivity contribution < 1.29 is 4.42 Å². The third-order valence-electron chi connectivity index (χ3n) is 3.49. The van der Waals surface area contributed by atoms with Gasteiger partial charge in [0.2, 0.25) is 0 Å². The van der Waals surface area contributed by atoms with Gasteiger partial charge in [0, 0.05) is 30.7 Å². The van der Waals surface area contributed by atoms with E-state index in [-0.39, 0.29) is 6.04 Å². The van der Waals surface area contributed by atoms with Crippen molar-refractivity contribution in [3.63, 3.8) is 0 Å². The first kappa shape index (κ1) is 12.9. The van der Waals surface area contributed by atoms with Gasteiger partial charge in [0.25, 0.3) is 0 Å². The SMILES string of the molecule is Brc1cccc(C(c2ccco2)N2CCNCC2)c1. The highest BCUT2D eigenvalue weighted by molar-refractivity contribution is 9.10. The van der Waals surface area contributed by atoms with E-state index in [0.717, 1.165) is 36.4 Å². The molecule has 0 radical (unpaired) electrons. The molecule has 1 aromatic carbocycles. The minimum Gasteiger partial charge on any atom is -0.467 e. The van der Waals surface area contributed by atoms with Gasteiger partial charge in [-0.2, -0.15) is 0 Å². The van der Waals surface area contributed by atoms with Crippen molar-refractivity contribution in [2.45, 2.75) is 6.04 Å². The highest BCUT2D eigenvalue weighted by Crippen LogP contribution is 2.30. The zero-order chi connectivity index (χ0) is 13.1. The van der Waals surface area contributed by atoms with E-state index in [0.29, 0.717) is 0 Å². The Morgan fingerprint density at radius 3 is 2.68 bits per heavy atom. The third kappa shape index (κ3) is 2.91. The van der Waals surface area contributed by atoms with Crippen molar-refractivity contribution in [2.24, 2.45) is 0 Å². The second-order valence-corrected chi connectivity index (χ2v) is 5.67. The molecule has 1 aromatic heterocycles. The number of hydrogen-bond donors (Lipinski definition) is 1. The number of hydrogen-bond acceptors (Lipinski definition) is 3. The van der Waals surface area contributed by atoms with E-state index in [1.54, 1.807) is 6.26 Å². The van der Waals surface area contributed by atoms with Crippen LogP contribution in [0.4, 0.5) is 0 Å². The fourth-order valence-electron chi connectivity index (χ4n) is 2.62. The maximum atomic E-state index is 5.67. The van der Waals surface area contributed by atoms with Crippen LogP contribution in [0.3, 0.4) is 0 Å². The molecule has 0 spiro atoms. The molecule has 1 unspecified atom stereocenters. The second kappa shape index (κ2) is 5.90. The van der Waals surface area contributed by atoms with Gasteiger partial charge in [0.05, 0.1) is 12.3 Å². The van der Waals surface area contributed by atoms with Gasteiger partial charge in [-0.3, -0.25) is 4.90 Å². The summed E-state index contributed by atoms with van der Waals surface area (Å²) in [5, 5.41) is 3.40. The monoisotopic (exact) mass is 320 g/mol. The van der Waals surface area contributed by atoms with Crippen molar-refractivity contribution in [2.75, 3.05) is 26.2 Å². The molecule has 1 aliphatic heterocycles. The lowest BCUT2D eigenvalue weighted by Gasteiger charge is -2.34. The molecule has 100 valence electrons. The molecule has 1 saturated heterocycles. The normalized spacial score (nSPS) is 18.4. The van der Waals surface area contributed by atoms with Crippen LogP contribution < -0.4 is 5.32 Å². The van der Waals surface area contributed by atoms with Crippen molar-refractivity contribution >= 4 is 15.9 Å². The molecule has 2 aromatic rings. The topological polar surface area (TPSA) is 28.4 Å².